The summed E-state index contributed by atoms with van der Waals surface area (Å²) >= 11 is 0. The zero-order valence-electron chi connectivity index (χ0n) is 12.1. The number of halogens is 1. The Balaban J connectivity index is 1.63. The van der Waals surface area contributed by atoms with Crippen LogP contribution in [0.15, 0.2) is 18.2 Å². The van der Waals surface area contributed by atoms with Crippen molar-refractivity contribution in [3.8, 4) is 5.75 Å². The Labute approximate surface area is 124 Å². The van der Waals surface area contributed by atoms with Gasteiger partial charge in [-0.15, -0.1) is 0 Å². The smallest absolute Gasteiger partial charge is 0.338 e. The van der Waals surface area contributed by atoms with Gasteiger partial charge in [0.2, 0.25) is 0 Å². The standard InChI is InChI=1S/C17H21FO3/c18-15-11-12(17(19)21-14-7-3-4-8-14)9-10-16(15)20-13-5-1-2-6-13/h9-11,13-14H,1-8H2. The first-order valence-corrected chi connectivity index (χ1v) is 7.89. The van der Waals surface area contributed by atoms with Crippen molar-refractivity contribution >= 4 is 5.97 Å². The van der Waals surface area contributed by atoms with Gasteiger partial charge in [0, 0.05) is 0 Å². The third kappa shape index (κ3) is 3.55. The number of carbonyl (C=O) groups is 1. The number of rotatable bonds is 4. The summed E-state index contributed by atoms with van der Waals surface area (Å²) < 4.78 is 25.1. The fraction of sp³-hybridized carbons (Fsp3) is 0.588. The average molecular weight is 292 g/mol. The van der Waals surface area contributed by atoms with Crippen LogP contribution in [0.1, 0.15) is 61.7 Å². The van der Waals surface area contributed by atoms with Crippen LogP contribution in [0.4, 0.5) is 4.39 Å². The molecule has 0 radical (unpaired) electrons. The van der Waals surface area contributed by atoms with Crippen LogP contribution in [-0.4, -0.2) is 18.2 Å². The first-order valence-electron chi connectivity index (χ1n) is 7.89. The van der Waals surface area contributed by atoms with E-state index in [0.717, 1.165) is 51.4 Å². The van der Waals surface area contributed by atoms with E-state index < -0.39 is 11.8 Å². The molecule has 2 aliphatic carbocycles. The zero-order chi connectivity index (χ0) is 14.7. The van der Waals surface area contributed by atoms with Gasteiger partial charge in [-0.2, -0.15) is 0 Å². The minimum atomic E-state index is -0.484. The van der Waals surface area contributed by atoms with Crippen molar-refractivity contribution in [3.63, 3.8) is 0 Å². The van der Waals surface area contributed by atoms with Gasteiger partial charge in [-0.25, -0.2) is 9.18 Å². The monoisotopic (exact) mass is 292 g/mol. The van der Waals surface area contributed by atoms with Crippen LogP contribution in [-0.2, 0) is 4.74 Å². The molecule has 4 heteroatoms. The van der Waals surface area contributed by atoms with Crippen molar-refractivity contribution in [2.45, 2.75) is 63.6 Å². The lowest BCUT2D eigenvalue weighted by Gasteiger charge is -2.15. The van der Waals surface area contributed by atoms with Crippen LogP contribution in [0.25, 0.3) is 0 Å². The second kappa shape index (κ2) is 6.46. The van der Waals surface area contributed by atoms with E-state index in [1.165, 1.54) is 6.07 Å². The number of esters is 1. The molecule has 1 aromatic rings. The maximum Gasteiger partial charge on any atom is 0.338 e. The molecule has 0 heterocycles. The van der Waals surface area contributed by atoms with E-state index in [1.54, 1.807) is 12.1 Å². The summed E-state index contributed by atoms with van der Waals surface area (Å²) in [6, 6.07) is 4.35. The normalized spacial score (nSPS) is 19.9. The van der Waals surface area contributed by atoms with Gasteiger partial charge < -0.3 is 9.47 Å². The van der Waals surface area contributed by atoms with Crippen molar-refractivity contribution < 1.29 is 18.7 Å². The van der Waals surface area contributed by atoms with E-state index in [1.807, 2.05) is 0 Å². The average Bonchev–Trinajstić information content (AvgIpc) is 3.14. The van der Waals surface area contributed by atoms with Gasteiger partial charge in [0.05, 0.1) is 11.7 Å². The third-order valence-corrected chi connectivity index (χ3v) is 4.34. The Hall–Kier alpha value is -1.58. The van der Waals surface area contributed by atoms with Gasteiger partial charge in [-0.05, 0) is 69.6 Å². The van der Waals surface area contributed by atoms with Crippen molar-refractivity contribution in [1.29, 1.82) is 0 Å². The van der Waals surface area contributed by atoms with Crippen molar-refractivity contribution in [1.82, 2.24) is 0 Å². The SMILES string of the molecule is O=C(OC1CCCC1)c1ccc(OC2CCCC2)c(F)c1. The van der Waals surface area contributed by atoms with Gasteiger partial charge >= 0.3 is 5.97 Å². The Morgan fingerprint density at radius 1 is 1.00 bits per heavy atom. The molecule has 0 N–H and O–H groups in total. The molecule has 0 saturated heterocycles. The maximum absolute atomic E-state index is 14.0. The maximum atomic E-state index is 14.0. The first kappa shape index (κ1) is 14.4. The second-order valence-corrected chi connectivity index (χ2v) is 5.98. The van der Waals surface area contributed by atoms with Crippen LogP contribution >= 0.6 is 0 Å². The zero-order valence-corrected chi connectivity index (χ0v) is 12.1. The van der Waals surface area contributed by atoms with E-state index >= 15 is 0 Å². The Morgan fingerprint density at radius 2 is 1.62 bits per heavy atom. The Bertz CT molecular complexity index is 503. The van der Waals surface area contributed by atoms with Gasteiger partial charge in [0.15, 0.2) is 11.6 Å². The summed E-state index contributed by atoms with van der Waals surface area (Å²) in [5.41, 5.74) is 0.262. The number of carbonyl (C=O) groups excluding carboxylic acids is 1. The molecule has 3 nitrogen and oxygen atoms in total. The highest BCUT2D eigenvalue weighted by atomic mass is 19.1. The van der Waals surface area contributed by atoms with E-state index in [-0.39, 0.29) is 23.5 Å². The highest BCUT2D eigenvalue weighted by Gasteiger charge is 2.22. The predicted octanol–water partition coefficient (Wildman–Crippen LogP) is 4.25. The van der Waals surface area contributed by atoms with E-state index in [9.17, 15) is 9.18 Å². The van der Waals surface area contributed by atoms with E-state index in [2.05, 4.69) is 0 Å². The lowest BCUT2D eigenvalue weighted by atomic mass is 10.2. The van der Waals surface area contributed by atoms with Gasteiger partial charge in [0.25, 0.3) is 0 Å². The highest BCUT2D eigenvalue weighted by Crippen LogP contribution is 2.27. The first-order chi connectivity index (χ1) is 10.2. The molecule has 2 saturated carbocycles. The Morgan fingerprint density at radius 3 is 2.24 bits per heavy atom. The molecule has 2 fully saturated rings. The molecular weight excluding hydrogens is 271 g/mol. The van der Waals surface area contributed by atoms with Crippen LogP contribution < -0.4 is 4.74 Å². The minimum Gasteiger partial charge on any atom is -0.487 e. The Kier molecular flexibility index (Phi) is 4.42. The highest BCUT2D eigenvalue weighted by molar-refractivity contribution is 5.89. The largest absolute Gasteiger partial charge is 0.487 e. The summed E-state index contributed by atoms with van der Waals surface area (Å²) in [6.45, 7) is 0. The van der Waals surface area contributed by atoms with Crippen LogP contribution in [0.3, 0.4) is 0 Å². The molecule has 3 rings (SSSR count). The van der Waals surface area contributed by atoms with Crippen molar-refractivity contribution in [2.24, 2.45) is 0 Å². The summed E-state index contributed by atoms with van der Waals surface area (Å²) in [6.07, 6.45) is 8.35. The lowest BCUT2D eigenvalue weighted by Crippen LogP contribution is -2.15. The van der Waals surface area contributed by atoms with Gasteiger partial charge in [0.1, 0.15) is 6.10 Å². The van der Waals surface area contributed by atoms with Crippen LogP contribution in [0.5, 0.6) is 5.75 Å². The lowest BCUT2D eigenvalue weighted by molar-refractivity contribution is 0.0317. The molecule has 0 spiro atoms. The summed E-state index contributed by atoms with van der Waals surface area (Å²) in [7, 11) is 0. The molecule has 1 aromatic carbocycles. The topological polar surface area (TPSA) is 35.5 Å². The minimum absolute atomic E-state index is 0.00465. The van der Waals surface area contributed by atoms with E-state index in [0.29, 0.717) is 0 Å². The van der Waals surface area contributed by atoms with E-state index in [4.69, 9.17) is 9.47 Å². The third-order valence-electron chi connectivity index (χ3n) is 4.34. The van der Waals surface area contributed by atoms with Crippen molar-refractivity contribution in [3.05, 3.63) is 29.6 Å². The molecule has 0 aliphatic heterocycles. The van der Waals surface area contributed by atoms with Gasteiger partial charge in [-0.3, -0.25) is 0 Å². The summed E-state index contributed by atoms with van der Waals surface area (Å²) in [5, 5.41) is 0. The number of hydrogen-bond acceptors (Lipinski definition) is 3. The number of benzene rings is 1. The quantitative estimate of drug-likeness (QED) is 0.778. The predicted molar refractivity (Wildman–Crippen MR) is 77.0 cm³/mol. The molecule has 21 heavy (non-hydrogen) atoms. The molecule has 0 unspecified atom stereocenters. The molecular formula is C17H21FO3. The number of ether oxygens (including phenoxy) is 2. The summed E-state index contributed by atoms with van der Waals surface area (Å²) in [5.74, 6) is -0.685. The molecule has 0 atom stereocenters. The fourth-order valence-electron chi connectivity index (χ4n) is 3.13. The second-order valence-electron chi connectivity index (χ2n) is 5.98. The molecule has 0 amide bonds. The van der Waals surface area contributed by atoms with Crippen LogP contribution in [0.2, 0.25) is 0 Å². The molecule has 0 aromatic heterocycles. The fourth-order valence-corrected chi connectivity index (χ4v) is 3.13. The summed E-state index contributed by atoms with van der Waals surface area (Å²) in [4.78, 5) is 12.0. The van der Waals surface area contributed by atoms with Crippen molar-refractivity contribution in [2.75, 3.05) is 0 Å². The number of hydrogen-bond donors (Lipinski definition) is 0. The van der Waals surface area contributed by atoms with Gasteiger partial charge in [-0.1, -0.05) is 0 Å². The molecule has 114 valence electrons. The molecule has 0 bridgehead atoms. The molecule has 2 aliphatic rings. The van der Waals surface area contributed by atoms with Crippen LogP contribution in [0, 0.1) is 5.82 Å².